The zero-order valence-electron chi connectivity index (χ0n) is 17.9. The number of nitrogens with one attached hydrogen (secondary N) is 1. The number of fused-ring (bicyclic) bond motifs is 3. The Morgan fingerprint density at radius 3 is 1.88 bits per heavy atom. The van der Waals surface area contributed by atoms with Crippen LogP contribution in [0.5, 0.6) is 0 Å². The first-order valence-electron chi connectivity index (χ1n) is 10.9. The second-order valence-corrected chi connectivity index (χ2v) is 11.1. The van der Waals surface area contributed by atoms with E-state index in [0.717, 1.165) is 20.0 Å². The monoisotopic (exact) mass is 677 g/mol. The molecule has 4 heteroatoms. The van der Waals surface area contributed by atoms with Crippen LogP contribution in [0.2, 0.25) is 0 Å². The van der Waals surface area contributed by atoms with Crippen molar-refractivity contribution in [2.24, 2.45) is 0 Å². The molecule has 0 aliphatic heterocycles. The lowest BCUT2D eigenvalue weighted by atomic mass is 9.95. The fourth-order valence-electron chi connectivity index (χ4n) is 4.58. The van der Waals surface area contributed by atoms with Crippen molar-refractivity contribution in [3.63, 3.8) is 0 Å². The summed E-state index contributed by atoms with van der Waals surface area (Å²) in [5, 5.41) is 2.46. The standard InChI is InChI=1S/C30H18Br2IN/c31-25-12-13-26(32)29(33)28(25)24-17-21(19-9-5-2-6-10-19)16-23-22-15-20(18-7-3-1-4-8-18)11-14-27(22)34-30(23)24/h1-17,34H. The summed E-state index contributed by atoms with van der Waals surface area (Å²) in [7, 11) is 0. The van der Waals surface area contributed by atoms with Crippen LogP contribution in [0.25, 0.3) is 55.2 Å². The molecule has 1 heterocycles. The predicted octanol–water partition coefficient (Wildman–Crippen LogP) is 10.5. The van der Waals surface area contributed by atoms with E-state index < -0.39 is 0 Å². The normalized spacial score (nSPS) is 11.4. The number of benzene rings is 5. The molecule has 0 atom stereocenters. The van der Waals surface area contributed by atoms with Gasteiger partial charge in [0.15, 0.2) is 0 Å². The molecule has 0 aliphatic carbocycles. The van der Waals surface area contributed by atoms with Gasteiger partial charge in [0.1, 0.15) is 0 Å². The third kappa shape index (κ3) is 3.82. The minimum absolute atomic E-state index is 1.08. The summed E-state index contributed by atoms with van der Waals surface area (Å²) in [6.07, 6.45) is 0. The van der Waals surface area contributed by atoms with E-state index in [4.69, 9.17) is 0 Å². The molecule has 0 spiro atoms. The van der Waals surface area contributed by atoms with Crippen molar-refractivity contribution in [2.75, 3.05) is 0 Å². The van der Waals surface area contributed by atoms with Crippen LogP contribution < -0.4 is 0 Å². The average Bonchev–Trinajstić information content (AvgIpc) is 3.25. The largest absolute Gasteiger partial charge is 0.354 e. The maximum Gasteiger partial charge on any atom is 0.0545 e. The Kier molecular flexibility index (Phi) is 5.84. The lowest BCUT2D eigenvalue weighted by Crippen LogP contribution is -1.90. The maximum absolute atomic E-state index is 3.83. The molecule has 0 amide bonds. The summed E-state index contributed by atoms with van der Waals surface area (Å²) in [4.78, 5) is 3.74. The Morgan fingerprint density at radius 1 is 0.559 bits per heavy atom. The fraction of sp³-hybridized carbons (Fsp3) is 0. The molecule has 0 bridgehead atoms. The number of aromatic nitrogens is 1. The molecule has 5 aromatic carbocycles. The van der Waals surface area contributed by atoms with Gasteiger partial charge in [-0.25, -0.2) is 0 Å². The van der Waals surface area contributed by atoms with Crippen LogP contribution in [-0.4, -0.2) is 4.98 Å². The molecule has 6 rings (SSSR count). The van der Waals surface area contributed by atoms with Crippen LogP contribution in [0, 0.1) is 3.57 Å². The van der Waals surface area contributed by atoms with Crippen molar-refractivity contribution >= 4 is 76.3 Å². The number of rotatable bonds is 3. The van der Waals surface area contributed by atoms with Gasteiger partial charge in [-0.15, -0.1) is 0 Å². The molecular formula is C30H18Br2IN. The van der Waals surface area contributed by atoms with Crippen molar-refractivity contribution in [2.45, 2.75) is 0 Å². The van der Waals surface area contributed by atoms with E-state index in [-0.39, 0.29) is 0 Å². The second-order valence-electron chi connectivity index (χ2n) is 8.28. The highest BCUT2D eigenvalue weighted by Crippen LogP contribution is 2.43. The Labute approximate surface area is 228 Å². The third-order valence-corrected chi connectivity index (χ3v) is 9.42. The SMILES string of the molecule is Brc1ccc(Br)c(-c2cc(-c3ccccc3)cc3c2[nH]c2ccc(-c4ccccc4)cc23)c1I. The van der Waals surface area contributed by atoms with Crippen molar-refractivity contribution in [1.29, 1.82) is 0 Å². The Hall–Kier alpha value is -2.41. The van der Waals surface area contributed by atoms with Crippen LogP contribution in [0.1, 0.15) is 0 Å². The molecule has 0 aliphatic rings. The van der Waals surface area contributed by atoms with Crippen LogP contribution in [-0.2, 0) is 0 Å². The van der Waals surface area contributed by atoms with E-state index in [1.165, 1.54) is 47.7 Å². The number of hydrogen-bond donors (Lipinski definition) is 1. The Morgan fingerprint density at radius 2 is 1.18 bits per heavy atom. The molecule has 6 aromatic rings. The van der Waals surface area contributed by atoms with Crippen LogP contribution >= 0.6 is 54.5 Å². The topological polar surface area (TPSA) is 15.8 Å². The van der Waals surface area contributed by atoms with Crippen molar-refractivity contribution in [1.82, 2.24) is 4.98 Å². The zero-order chi connectivity index (χ0) is 23.2. The summed E-state index contributed by atoms with van der Waals surface area (Å²) in [5.74, 6) is 0. The predicted molar refractivity (Wildman–Crippen MR) is 160 cm³/mol. The van der Waals surface area contributed by atoms with E-state index in [2.05, 4.69) is 163 Å². The quantitative estimate of drug-likeness (QED) is 0.142. The van der Waals surface area contributed by atoms with E-state index in [1.54, 1.807) is 0 Å². The average molecular weight is 679 g/mol. The van der Waals surface area contributed by atoms with E-state index in [1.807, 2.05) is 0 Å². The summed E-state index contributed by atoms with van der Waals surface area (Å²) >= 11 is 10.0. The molecule has 0 saturated heterocycles. The summed E-state index contributed by atoms with van der Waals surface area (Å²) in [6, 6.07) is 36.7. The van der Waals surface area contributed by atoms with Gasteiger partial charge in [0.2, 0.25) is 0 Å². The number of H-pyrrole nitrogens is 1. The maximum atomic E-state index is 3.83. The molecule has 164 valence electrons. The number of aromatic amines is 1. The van der Waals surface area contributed by atoms with Crippen LogP contribution in [0.4, 0.5) is 0 Å². The van der Waals surface area contributed by atoms with Gasteiger partial charge in [-0.1, -0.05) is 82.7 Å². The van der Waals surface area contributed by atoms with Crippen molar-refractivity contribution in [3.8, 4) is 33.4 Å². The smallest absolute Gasteiger partial charge is 0.0545 e. The first-order chi connectivity index (χ1) is 16.6. The van der Waals surface area contributed by atoms with Gasteiger partial charge in [0.05, 0.1) is 5.52 Å². The minimum atomic E-state index is 1.08. The van der Waals surface area contributed by atoms with E-state index >= 15 is 0 Å². The highest BCUT2D eigenvalue weighted by atomic mass is 127. The Balaban J connectivity index is 1.71. The van der Waals surface area contributed by atoms with Crippen molar-refractivity contribution < 1.29 is 0 Å². The van der Waals surface area contributed by atoms with Gasteiger partial charge >= 0.3 is 0 Å². The number of hydrogen-bond acceptors (Lipinski definition) is 0. The van der Waals surface area contributed by atoms with Crippen molar-refractivity contribution in [3.05, 3.63) is 116 Å². The summed E-state index contributed by atoms with van der Waals surface area (Å²) < 4.78 is 3.35. The first-order valence-corrected chi connectivity index (χ1v) is 13.6. The second kappa shape index (κ2) is 8.99. The molecular weight excluding hydrogens is 661 g/mol. The molecule has 1 N–H and O–H groups in total. The lowest BCUT2D eigenvalue weighted by Gasteiger charge is -2.13. The van der Waals surface area contributed by atoms with Gasteiger partial charge in [-0.3, -0.25) is 0 Å². The van der Waals surface area contributed by atoms with Crippen LogP contribution in [0.15, 0.2) is 112 Å². The molecule has 1 aromatic heterocycles. The van der Waals surface area contributed by atoms with Gasteiger partial charge in [-0.2, -0.15) is 0 Å². The van der Waals surface area contributed by atoms with Gasteiger partial charge in [-0.05, 0) is 97.2 Å². The van der Waals surface area contributed by atoms with Gasteiger partial charge < -0.3 is 4.98 Å². The molecule has 0 fully saturated rings. The lowest BCUT2D eigenvalue weighted by molar-refractivity contribution is 1.49. The van der Waals surface area contributed by atoms with E-state index in [0.29, 0.717) is 0 Å². The minimum Gasteiger partial charge on any atom is -0.354 e. The Bertz CT molecular complexity index is 1670. The molecule has 0 saturated carbocycles. The summed E-state index contributed by atoms with van der Waals surface area (Å²) in [6.45, 7) is 0. The summed E-state index contributed by atoms with van der Waals surface area (Å²) in [5.41, 5.74) is 9.52. The van der Waals surface area contributed by atoms with Gasteiger partial charge in [0.25, 0.3) is 0 Å². The van der Waals surface area contributed by atoms with Crippen LogP contribution in [0.3, 0.4) is 0 Å². The fourth-order valence-corrected chi connectivity index (χ4v) is 6.58. The highest BCUT2D eigenvalue weighted by Gasteiger charge is 2.18. The van der Waals surface area contributed by atoms with Gasteiger partial charge in [0, 0.05) is 39.9 Å². The molecule has 1 nitrogen and oxygen atoms in total. The third-order valence-electron chi connectivity index (χ3n) is 6.24. The highest BCUT2D eigenvalue weighted by molar-refractivity contribution is 14.1. The number of halogens is 3. The molecule has 34 heavy (non-hydrogen) atoms. The first kappa shape index (κ1) is 22.1. The molecule has 0 unspecified atom stereocenters. The zero-order valence-corrected chi connectivity index (χ0v) is 23.3. The van der Waals surface area contributed by atoms with E-state index in [9.17, 15) is 0 Å². The molecule has 0 radical (unpaired) electrons.